The van der Waals surface area contributed by atoms with Crippen molar-refractivity contribution in [1.29, 1.82) is 0 Å². The minimum Gasteiger partial charge on any atom is -0.348 e. The first-order valence-corrected chi connectivity index (χ1v) is 9.28. The Morgan fingerprint density at radius 2 is 2.04 bits per heavy atom. The molecule has 1 atom stereocenters. The number of rotatable bonds is 3. The normalized spacial score (nSPS) is 21.1. The molecular weight excluding hydrogens is 310 g/mol. The van der Waals surface area contributed by atoms with Crippen LogP contribution in [0.2, 0.25) is 0 Å². The van der Waals surface area contributed by atoms with Crippen LogP contribution in [0, 0.1) is 0 Å². The maximum absolute atomic E-state index is 12.3. The number of piperidine rings is 1. The zero-order chi connectivity index (χ0) is 17.1. The fourth-order valence-corrected chi connectivity index (χ4v) is 3.98. The zero-order valence-electron chi connectivity index (χ0n) is 14.5. The number of aromatic nitrogens is 1. The van der Waals surface area contributed by atoms with E-state index in [-0.39, 0.29) is 5.91 Å². The molecule has 0 bridgehead atoms. The van der Waals surface area contributed by atoms with Crippen LogP contribution >= 0.6 is 0 Å². The molecule has 1 aromatic carbocycles. The summed E-state index contributed by atoms with van der Waals surface area (Å²) in [4.78, 5) is 18.1. The maximum Gasteiger partial charge on any atom is 0.256 e. The summed E-state index contributed by atoms with van der Waals surface area (Å²) in [7, 11) is 0. The number of carbonyl (C=O) groups is 1. The van der Waals surface area contributed by atoms with Gasteiger partial charge in [0.05, 0.1) is 0 Å². The SMILES string of the molecule is O=C(Nc1cc(C2=CCN3CCCCC3CC2)c[nH]1)c1ccccc1. The second-order valence-corrected chi connectivity index (χ2v) is 7.03. The standard InChI is InChI=1S/C21H25N3O/c25-21(17-6-2-1-3-7-17)23-20-14-18(15-22-20)16-9-10-19-8-4-5-12-24(19)13-11-16/h1-3,6-7,11,14-15,19,22H,4-5,8-10,12-13H2,(H,23,25). The van der Waals surface area contributed by atoms with E-state index >= 15 is 0 Å². The van der Waals surface area contributed by atoms with E-state index in [9.17, 15) is 4.79 Å². The van der Waals surface area contributed by atoms with Crippen molar-refractivity contribution in [3.63, 3.8) is 0 Å². The third-order valence-corrected chi connectivity index (χ3v) is 5.41. The molecule has 4 heteroatoms. The van der Waals surface area contributed by atoms with Crippen molar-refractivity contribution in [2.24, 2.45) is 0 Å². The summed E-state index contributed by atoms with van der Waals surface area (Å²) in [6.45, 7) is 2.29. The number of H-pyrrole nitrogens is 1. The second kappa shape index (κ2) is 7.28. The van der Waals surface area contributed by atoms with Crippen molar-refractivity contribution >= 4 is 17.3 Å². The van der Waals surface area contributed by atoms with E-state index in [1.807, 2.05) is 36.5 Å². The van der Waals surface area contributed by atoms with Crippen molar-refractivity contribution in [2.75, 3.05) is 18.4 Å². The Balaban J connectivity index is 1.44. The Kier molecular flexibility index (Phi) is 4.70. The van der Waals surface area contributed by atoms with Crippen molar-refractivity contribution in [3.8, 4) is 0 Å². The highest BCUT2D eigenvalue weighted by molar-refractivity contribution is 6.03. The summed E-state index contributed by atoms with van der Waals surface area (Å²) in [5, 5.41) is 2.95. The molecule has 0 spiro atoms. The minimum absolute atomic E-state index is 0.0824. The Morgan fingerprint density at radius 1 is 1.16 bits per heavy atom. The predicted molar refractivity (Wildman–Crippen MR) is 102 cm³/mol. The Hall–Kier alpha value is -2.33. The molecule has 2 aliphatic heterocycles. The number of nitrogens with one attached hydrogen (secondary N) is 2. The van der Waals surface area contributed by atoms with Crippen molar-refractivity contribution < 1.29 is 4.79 Å². The lowest BCUT2D eigenvalue weighted by molar-refractivity contribution is 0.102. The van der Waals surface area contributed by atoms with Gasteiger partial charge in [-0.25, -0.2) is 0 Å². The molecule has 1 fully saturated rings. The molecule has 4 nitrogen and oxygen atoms in total. The van der Waals surface area contributed by atoms with E-state index in [1.165, 1.54) is 43.4 Å². The van der Waals surface area contributed by atoms with Crippen molar-refractivity contribution in [3.05, 3.63) is 59.8 Å². The van der Waals surface area contributed by atoms with Crippen LogP contribution in [-0.4, -0.2) is 34.9 Å². The molecule has 1 unspecified atom stereocenters. The van der Waals surface area contributed by atoms with Gasteiger partial charge in [-0.1, -0.05) is 30.7 Å². The molecule has 0 saturated carbocycles. The van der Waals surface area contributed by atoms with Gasteiger partial charge in [-0.3, -0.25) is 9.69 Å². The number of amides is 1. The smallest absolute Gasteiger partial charge is 0.256 e. The number of allylic oxidation sites excluding steroid dienone is 1. The van der Waals surface area contributed by atoms with Crippen LogP contribution in [0.1, 0.15) is 48.0 Å². The molecule has 25 heavy (non-hydrogen) atoms. The van der Waals surface area contributed by atoms with E-state index in [4.69, 9.17) is 0 Å². The van der Waals surface area contributed by atoms with Gasteiger partial charge in [0.2, 0.25) is 0 Å². The highest BCUT2D eigenvalue weighted by Gasteiger charge is 2.24. The van der Waals surface area contributed by atoms with Gasteiger partial charge < -0.3 is 10.3 Å². The fraction of sp³-hybridized carbons (Fsp3) is 0.381. The van der Waals surface area contributed by atoms with Crippen LogP contribution in [0.3, 0.4) is 0 Å². The van der Waals surface area contributed by atoms with E-state index in [0.29, 0.717) is 5.56 Å². The van der Waals surface area contributed by atoms with Crippen LogP contribution in [0.25, 0.3) is 5.57 Å². The van der Waals surface area contributed by atoms with Crippen molar-refractivity contribution in [2.45, 2.75) is 38.1 Å². The van der Waals surface area contributed by atoms with Gasteiger partial charge in [-0.05, 0) is 61.6 Å². The predicted octanol–water partition coefficient (Wildman–Crippen LogP) is 4.30. The number of aromatic amines is 1. The molecule has 130 valence electrons. The van der Waals surface area contributed by atoms with Crippen LogP contribution in [0.4, 0.5) is 5.82 Å². The van der Waals surface area contributed by atoms with Gasteiger partial charge >= 0.3 is 0 Å². The summed E-state index contributed by atoms with van der Waals surface area (Å²) >= 11 is 0. The molecule has 2 aliphatic rings. The quantitative estimate of drug-likeness (QED) is 0.878. The maximum atomic E-state index is 12.3. The Morgan fingerprint density at radius 3 is 2.92 bits per heavy atom. The van der Waals surface area contributed by atoms with Crippen LogP contribution in [-0.2, 0) is 0 Å². The van der Waals surface area contributed by atoms with Gasteiger partial charge in [0.25, 0.3) is 5.91 Å². The third-order valence-electron chi connectivity index (χ3n) is 5.41. The van der Waals surface area contributed by atoms with Crippen LogP contribution in [0.15, 0.2) is 48.7 Å². The van der Waals surface area contributed by atoms with Crippen LogP contribution < -0.4 is 5.32 Å². The summed E-state index contributed by atoms with van der Waals surface area (Å²) in [6, 6.07) is 12.1. The number of fused-ring (bicyclic) bond motifs is 1. The second-order valence-electron chi connectivity index (χ2n) is 7.03. The highest BCUT2D eigenvalue weighted by Crippen LogP contribution is 2.30. The topological polar surface area (TPSA) is 48.1 Å². The molecule has 1 aromatic heterocycles. The van der Waals surface area contributed by atoms with E-state index < -0.39 is 0 Å². The molecule has 4 rings (SSSR count). The number of hydrogen-bond donors (Lipinski definition) is 2. The van der Waals surface area contributed by atoms with Gasteiger partial charge in [0.15, 0.2) is 0 Å². The lowest BCUT2D eigenvalue weighted by Crippen LogP contribution is -2.38. The lowest BCUT2D eigenvalue weighted by Gasteiger charge is -2.33. The number of benzene rings is 1. The van der Waals surface area contributed by atoms with Crippen molar-refractivity contribution in [1.82, 2.24) is 9.88 Å². The molecule has 3 heterocycles. The summed E-state index contributed by atoms with van der Waals surface area (Å²) in [5.74, 6) is 0.674. The molecule has 1 amide bonds. The first-order chi connectivity index (χ1) is 12.3. The average Bonchev–Trinajstić information content (AvgIpc) is 3.00. The fourth-order valence-electron chi connectivity index (χ4n) is 3.98. The first kappa shape index (κ1) is 16.2. The van der Waals surface area contributed by atoms with Gasteiger partial charge in [-0.2, -0.15) is 0 Å². The Bertz CT molecular complexity index is 762. The van der Waals surface area contributed by atoms with E-state index in [2.05, 4.69) is 27.3 Å². The van der Waals surface area contributed by atoms with Gasteiger partial charge in [-0.15, -0.1) is 0 Å². The van der Waals surface area contributed by atoms with E-state index in [0.717, 1.165) is 24.8 Å². The Labute approximate surface area is 148 Å². The third kappa shape index (κ3) is 3.69. The number of hydrogen-bond acceptors (Lipinski definition) is 2. The molecule has 2 N–H and O–H groups in total. The van der Waals surface area contributed by atoms with Gasteiger partial charge in [0.1, 0.15) is 5.82 Å². The largest absolute Gasteiger partial charge is 0.348 e. The van der Waals surface area contributed by atoms with Crippen LogP contribution in [0.5, 0.6) is 0 Å². The number of carbonyl (C=O) groups excluding carboxylic acids is 1. The number of nitrogens with zero attached hydrogens (tertiary/aromatic N) is 1. The zero-order valence-corrected chi connectivity index (χ0v) is 14.5. The summed E-state index contributed by atoms with van der Waals surface area (Å²) in [5.41, 5.74) is 3.26. The van der Waals surface area contributed by atoms with E-state index in [1.54, 1.807) is 0 Å². The highest BCUT2D eigenvalue weighted by atomic mass is 16.1. The first-order valence-electron chi connectivity index (χ1n) is 9.28. The average molecular weight is 335 g/mol. The summed E-state index contributed by atoms with van der Waals surface area (Å²) < 4.78 is 0. The minimum atomic E-state index is -0.0824. The molecule has 1 saturated heterocycles. The molecule has 0 radical (unpaired) electrons. The lowest BCUT2D eigenvalue weighted by atomic mass is 9.96. The molecule has 0 aliphatic carbocycles. The molecule has 2 aromatic rings. The molecular formula is C21H25N3O. The van der Waals surface area contributed by atoms with Gasteiger partial charge in [0, 0.05) is 24.3 Å². The monoisotopic (exact) mass is 335 g/mol. The number of anilines is 1. The summed E-state index contributed by atoms with van der Waals surface area (Å²) in [6.07, 6.45) is 10.8.